The highest BCUT2D eigenvalue weighted by Crippen LogP contribution is 2.39. The summed E-state index contributed by atoms with van der Waals surface area (Å²) in [5, 5.41) is 4.17. The van der Waals surface area contributed by atoms with Gasteiger partial charge in [0, 0.05) is 12.6 Å². The molecule has 0 fully saturated rings. The number of benzene rings is 2. The molecule has 0 radical (unpaired) electrons. The molecule has 1 aromatic heterocycles. The number of carbonyl (C=O) groups excluding carboxylic acids is 1. The molecule has 0 N–H and O–H groups in total. The Morgan fingerprint density at radius 2 is 1.65 bits per heavy atom. The predicted octanol–water partition coefficient (Wildman–Crippen LogP) is 3.22. The fraction of sp³-hybridized carbons (Fsp3) is 0.190. The van der Waals surface area contributed by atoms with Crippen LogP contribution in [0.3, 0.4) is 0 Å². The van der Waals surface area contributed by atoms with Gasteiger partial charge in [0.25, 0.3) is 11.5 Å². The number of fused-ring (bicyclic) bond motifs is 3. The van der Waals surface area contributed by atoms with Crippen molar-refractivity contribution in [2.75, 3.05) is 4.90 Å². The van der Waals surface area contributed by atoms with Crippen LogP contribution in [0.25, 0.3) is 11.1 Å². The van der Waals surface area contributed by atoms with E-state index in [4.69, 9.17) is 0 Å². The van der Waals surface area contributed by atoms with Gasteiger partial charge in [-0.15, -0.1) is 0 Å². The smallest absolute Gasteiger partial charge is 0.279 e. The third-order valence-corrected chi connectivity index (χ3v) is 5.02. The van der Waals surface area contributed by atoms with Crippen molar-refractivity contribution in [3.05, 3.63) is 81.3 Å². The van der Waals surface area contributed by atoms with Crippen LogP contribution in [-0.2, 0) is 13.6 Å². The second-order valence-electron chi connectivity index (χ2n) is 6.58. The fourth-order valence-corrected chi connectivity index (χ4v) is 3.53. The van der Waals surface area contributed by atoms with Gasteiger partial charge in [0.1, 0.15) is 5.56 Å². The van der Waals surface area contributed by atoms with Crippen molar-refractivity contribution < 1.29 is 4.79 Å². The van der Waals surface area contributed by atoms with Crippen molar-refractivity contribution in [3.8, 4) is 11.1 Å². The van der Waals surface area contributed by atoms with Gasteiger partial charge < -0.3 is 4.90 Å². The van der Waals surface area contributed by atoms with Crippen LogP contribution >= 0.6 is 0 Å². The summed E-state index contributed by atoms with van der Waals surface area (Å²) in [7, 11) is 1.57. The largest absolute Gasteiger partial charge is 0.303 e. The fourth-order valence-electron chi connectivity index (χ4n) is 3.53. The lowest BCUT2D eigenvalue weighted by molar-refractivity contribution is 0.0981. The number of para-hydroxylation sites is 1. The molecule has 0 aliphatic carbocycles. The minimum Gasteiger partial charge on any atom is -0.303 e. The molecule has 5 nitrogen and oxygen atoms in total. The molecule has 0 atom stereocenters. The van der Waals surface area contributed by atoms with E-state index in [1.807, 2.05) is 49.4 Å². The molecule has 0 unspecified atom stereocenters. The molecule has 1 aliphatic rings. The van der Waals surface area contributed by atoms with Gasteiger partial charge in [0.2, 0.25) is 0 Å². The monoisotopic (exact) mass is 345 g/mol. The number of aromatic nitrogens is 2. The molecule has 1 amide bonds. The third-order valence-electron chi connectivity index (χ3n) is 5.02. The Morgan fingerprint density at radius 1 is 1.00 bits per heavy atom. The van der Waals surface area contributed by atoms with E-state index < -0.39 is 0 Å². The summed E-state index contributed by atoms with van der Waals surface area (Å²) in [4.78, 5) is 27.7. The molecule has 1 aliphatic heterocycles. The zero-order chi connectivity index (χ0) is 18.4. The van der Waals surface area contributed by atoms with E-state index in [1.165, 1.54) is 4.68 Å². The van der Waals surface area contributed by atoms with E-state index >= 15 is 0 Å². The van der Waals surface area contributed by atoms with Gasteiger partial charge in [-0.25, -0.2) is 4.68 Å². The maximum atomic E-state index is 13.4. The molecular formula is C21H19N3O2. The second kappa shape index (κ2) is 5.95. The maximum absolute atomic E-state index is 13.4. The summed E-state index contributed by atoms with van der Waals surface area (Å²) in [6, 6.07) is 15.9. The van der Waals surface area contributed by atoms with E-state index in [0.717, 1.165) is 22.4 Å². The average Bonchev–Trinajstić information content (AvgIpc) is 2.66. The summed E-state index contributed by atoms with van der Waals surface area (Å²) in [5.74, 6) is -0.282. The average molecular weight is 345 g/mol. The Hall–Kier alpha value is -3.21. The molecule has 0 saturated heterocycles. The van der Waals surface area contributed by atoms with E-state index in [-0.39, 0.29) is 17.0 Å². The second-order valence-corrected chi connectivity index (χ2v) is 6.58. The standard InChI is InChI=1S/C21H19N3O2/c1-13-14(2)22-23(3)20(25)19(13)21(26)24-12-15-8-4-5-9-16(15)17-10-6-7-11-18(17)24/h4-11H,12H2,1-3H3. The van der Waals surface area contributed by atoms with Crippen LogP contribution < -0.4 is 10.5 Å². The first-order valence-electron chi connectivity index (χ1n) is 8.52. The van der Waals surface area contributed by atoms with Gasteiger partial charge >= 0.3 is 0 Å². The normalized spacial score (nSPS) is 12.5. The Bertz CT molecular complexity index is 1100. The molecule has 5 heteroatoms. The molecule has 2 heterocycles. The lowest BCUT2D eigenvalue weighted by atomic mass is 9.93. The molecule has 130 valence electrons. The number of hydrogen-bond donors (Lipinski definition) is 0. The van der Waals surface area contributed by atoms with Crippen LogP contribution in [0.1, 0.15) is 27.2 Å². The number of carbonyl (C=O) groups is 1. The SMILES string of the molecule is Cc1nn(C)c(=O)c(C(=O)N2Cc3ccccc3-c3ccccc32)c1C. The Balaban J connectivity index is 1.91. The number of anilines is 1. The first-order chi connectivity index (χ1) is 12.5. The predicted molar refractivity (Wildman–Crippen MR) is 101 cm³/mol. The number of amides is 1. The minimum atomic E-state index is -0.366. The molecule has 26 heavy (non-hydrogen) atoms. The van der Waals surface area contributed by atoms with Gasteiger partial charge in [-0.1, -0.05) is 42.5 Å². The maximum Gasteiger partial charge on any atom is 0.279 e. The lowest BCUT2D eigenvalue weighted by Gasteiger charge is -2.31. The number of rotatable bonds is 1. The van der Waals surface area contributed by atoms with Gasteiger partial charge in [-0.05, 0) is 36.6 Å². The van der Waals surface area contributed by atoms with E-state index in [2.05, 4.69) is 11.2 Å². The van der Waals surface area contributed by atoms with Gasteiger partial charge in [-0.3, -0.25) is 9.59 Å². The van der Waals surface area contributed by atoms with Crippen molar-refractivity contribution >= 4 is 11.6 Å². The zero-order valence-electron chi connectivity index (χ0n) is 15.0. The summed E-state index contributed by atoms with van der Waals surface area (Å²) in [5.41, 5.74) is 5.16. The van der Waals surface area contributed by atoms with Crippen LogP contribution in [0.15, 0.2) is 53.3 Å². The summed E-state index contributed by atoms with van der Waals surface area (Å²) in [6.45, 7) is 4.03. The molecule has 0 bridgehead atoms. The van der Waals surface area contributed by atoms with E-state index in [1.54, 1.807) is 18.9 Å². The quantitative estimate of drug-likeness (QED) is 0.680. The molecule has 2 aromatic carbocycles. The molecule has 4 rings (SSSR count). The molecule has 0 spiro atoms. The Labute approximate surface area is 151 Å². The molecule has 0 saturated carbocycles. The summed E-state index contributed by atoms with van der Waals surface area (Å²) >= 11 is 0. The van der Waals surface area contributed by atoms with E-state index in [0.29, 0.717) is 17.8 Å². The number of nitrogens with zero attached hydrogens (tertiary/aromatic N) is 3. The van der Waals surface area contributed by atoms with Crippen molar-refractivity contribution in [2.24, 2.45) is 7.05 Å². The lowest BCUT2D eigenvalue weighted by Crippen LogP contribution is -2.39. The Kier molecular flexibility index (Phi) is 3.72. The highest BCUT2D eigenvalue weighted by molar-refractivity contribution is 6.09. The highest BCUT2D eigenvalue weighted by Gasteiger charge is 2.30. The summed E-state index contributed by atoms with van der Waals surface area (Å²) in [6.07, 6.45) is 0. The van der Waals surface area contributed by atoms with Gasteiger partial charge in [-0.2, -0.15) is 5.10 Å². The summed E-state index contributed by atoms with van der Waals surface area (Å²) < 4.78 is 1.24. The third kappa shape index (κ3) is 2.36. The first-order valence-corrected chi connectivity index (χ1v) is 8.52. The van der Waals surface area contributed by atoms with Crippen molar-refractivity contribution in [1.82, 2.24) is 9.78 Å². The highest BCUT2D eigenvalue weighted by atomic mass is 16.2. The zero-order valence-corrected chi connectivity index (χ0v) is 15.0. The topological polar surface area (TPSA) is 55.2 Å². The van der Waals surface area contributed by atoms with Crippen LogP contribution in [0.5, 0.6) is 0 Å². The Morgan fingerprint density at radius 3 is 2.42 bits per heavy atom. The first kappa shape index (κ1) is 16.3. The van der Waals surface area contributed by atoms with Crippen LogP contribution in [0.4, 0.5) is 5.69 Å². The van der Waals surface area contributed by atoms with Crippen molar-refractivity contribution in [2.45, 2.75) is 20.4 Å². The van der Waals surface area contributed by atoms with Gasteiger partial charge in [0.15, 0.2) is 0 Å². The van der Waals surface area contributed by atoms with Crippen LogP contribution in [0, 0.1) is 13.8 Å². The van der Waals surface area contributed by atoms with Crippen molar-refractivity contribution in [3.63, 3.8) is 0 Å². The van der Waals surface area contributed by atoms with Gasteiger partial charge in [0.05, 0.1) is 17.9 Å². The number of aryl methyl sites for hydroxylation is 2. The van der Waals surface area contributed by atoms with E-state index in [9.17, 15) is 9.59 Å². The number of hydrogen-bond acceptors (Lipinski definition) is 3. The van der Waals surface area contributed by atoms with Crippen LogP contribution in [-0.4, -0.2) is 15.7 Å². The minimum absolute atomic E-state index is 0.189. The van der Waals surface area contributed by atoms with Crippen molar-refractivity contribution in [1.29, 1.82) is 0 Å². The molecule has 3 aromatic rings. The molecular weight excluding hydrogens is 326 g/mol. The van der Waals surface area contributed by atoms with Crippen LogP contribution in [0.2, 0.25) is 0 Å².